The molecular weight excluding hydrogens is 354 g/mol. The molecule has 3 rings (SSSR count). The van der Waals surface area contributed by atoms with E-state index in [0.29, 0.717) is 11.8 Å². The van der Waals surface area contributed by atoms with Crippen LogP contribution in [0.25, 0.3) is 11.0 Å². The summed E-state index contributed by atoms with van der Waals surface area (Å²) in [6.07, 6.45) is 1.91. The van der Waals surface area contributed by atoms with Crippen LogP contribution in [0.15, 0.2) is 59.8 Å². The molecule has 2 aromatic carbocycles. The highest BCUT2D eigenvalue weighted by atomic mass is 32.2. The number of amides is 1. The zero-order chi connectivity index (χ0) is 19.2. The number of nitrogens with one attached hydrogen (secondary N) is 1. The van der Waals surface area contributed by atoms with E-state index in [-0.39, 0.29) is 11.9 Å². The van der Waals surface area contributed by atoms with Gasteiger partial charge in [0.2, 0.25) is 5.91 Å². The second-order valence-corrected chi connectivity index (χ2v) is 8.07. The van der Waals surface area contributed by atoms with Gasteiger partial charge in [0, 0.05) is 12.1 Å². The quantitative estimate of drug-likeness (QED) is 0.568. The van der Waals surface area contributed by atoms with Crippen LogP contribution in [0.2, 0.25) is 0 Å². The van der Waals surface area contributed by atoms with Crippen LogP contribution >= 0.6 is 11.8 Å². The SMILES string of the molecule is CC(C)n1c(SCC(=O)N[C@@H](C)CCc2ccccc2)nc2ccccc21. The van der Waals surface area contributed by atoms with Crippen LogP contribution in [0.5, 0.6) is 0 Å². The first-order valence-corrected chi connectivity index (χ1v) is 10.5. The first kappa shape index (κ1) is 19.5. The lowest BCUT2D eigenvalue weighted by atomic mass is 10.1. The molecule has 1 N–H and O–H groups in total. The third-order valence-corrected chi connectivity index (χ3v) is 5.48. The Morgan fingerprint density at radius 3 is 2.52 bits per heavy atom. The molecule has 0 bridgehead atoms. The summed E-state index contributed by atoms with van der Waals surface area (Å²) in [5, 5.41) is 4.01. The Hall–Kier alpha value is -2.27. The zero-order valence-electron chi connectivity index (χ0n) is 16.2. The van der Waals surface area contributed by atoms with Crippen molar-refractivity contribution >= 4 is 28.7 Å². The molecule has 0 saturated heterocycles. The van der Waals surface area contributed by atoms with Crippen molar-refractivity contribution in [3.63, 3.8) is 0 Å². The zero-order valence-corrected chi connectivity index (χ0v) is 17.0. The molecule has 0 fully saturated rings. The minimum atomic E-state index is 0.0583. The number of nitrogens with zero attached hydrogens (tertiary/aromatic N) is 2. The maximum absolute atomic E-state index is 12.4. The molecule has 3 aromatic rings. The standard InChI is InChI=1S/C22H27N3OS/c1-16(2)25-20-12-8-7-11-19(20)24-22(25)27-15-21(26)23-17(3)13-14-18-9-5-4-6-10-18/h4-12,16-17H,13-15H2,1-3H3,(H,23,26)/t17-/m0/s1. The number of aromatic nitrogens is 2. The number of hydrogen-bond acceptors (Lipinski definition) is 3. The van der Waals surface area contributed by atoms with Crippen molar-refractivity contribution < 1.29 is 4.79 Å². The molecule has 0 aliphatic carbocycles. The molecule has 0 spiro atoms. The van der Waals surface area contributed by atoms with Crippen LogP contribution in [0.4, 0.5) is 0 Å². The average Bonchev–Trinajstić information content (AvgIpc) is 3.04. The molecule has 0 saturated carbocycles. The number of fused-ring (bicyclic) bond motifs is 1. The lowest BCUT2D eigenvalue weighted by Gasteiger charge is -2.15. The van der Waals surface area contributed by atoms with E-state index in [0.717, 1.165) is 29.0 Å². The molecule has 1 amide bonds. The summed E-state index contributed by atoms with van der Waals surface area (Å²) >= 11 is 1.51. The van der Waals surface area contributed by atoms with Gasteiger partial charge in [-0.15, -0.1) is 0 Å². The Bertz CT molecular complexity index is 889. The molecule has 0 radical (unpaired) electrons. The summed E-state index contributed by atoms with van der Waals surface area (Å²) in [7, 11) is 0. The molecule has 27 heavy (non-hydrogen) atoms. The van der Waals surface area contributed by atoms with Gasteiger partial charge >= 0.3 is 0 Å². The number of rotatable bonds is 8. The summed E-state index contributed by atoms with van der Waals surface area (Å²) < 4.78 is 2.20. The van der Waals surface area contributed by atoms with Gasteiger partial charge in [-0.3, -0.25) is 4.79 Å². The Morgan fingerprint density at radius 2 is 1.78 bits per heavy atom. The summed E-state index contributed by atoms with van der Waals surface area (Å²) in [5.74, 6) is 0.439. The topological polar surface area (TPSA) is 46.9 Å². The number of benzene rings is 2. The maximum Gasteiger partial charge on any atom is 0.230 e. The van der Waals surface area contributed by atoms with Crippen molar-refractivity contribution in [2.75, 3.05) is 5.75 Å². The summed E-state index contributed by atoms with van der Waals surface area (Å²) in [5.41, 5.74) is 3.40. The second-order valence-electron chi connectivity index (χ2n) is 7.13. The van der Waals surface area contributed by atoms with Crippen molar-refractivity contribution in [2.24, 2.45) is 0 Å². The Kier molecular flexibility index (Phi) is 6.56. The number of aryl methyl sites for hydroxylation is 1. The van der Waals surface area contributed by atoms with E-state index < -0.39 is 0 Å². The summed E-state index contributed by atoms with van der Waals surface area (Å²) in [4.78, 5) is 17.1. The van der Waals surface area contributed by atoms with Crippen LogP contribution in [0, 0.1) is 0 Å². The number of imidazole rings is 1. The minimum absolute atomic E-state index is 0.0583. The highest BCUT2D eigenvalue weighted by Crippen LogP contribution is 2.27. The molecule has 0 aliphatic rings. The van der Waals surface area contributed by atoms with E-state index in [1.165, 1.54) is 17.3 Å². The number of hydrogen-bond donors (Lipinski definition) is 1. The fourth-order valence-corrected chi connectivity index (χ4v) is 4.12. The van der Waals surface area contributed by atoms with Gasteiger partial charge in [0.15, 0.2) is 5.16 Å². The number of thioether (sulfide) groups is 1. The highest BCUT2D eigenvalue weighted by Gasteiger charge is 2.15. The van der Waals surface area contributed by atoms with Crippen LogP contribution < -0.4 is 5.32 Å². The predicted molar refractivity (Wildman–Crippen MR) is 113 cm³/mol. The van der Waals surface area contributed by atoms with Gasteiger partial charge < -0.3 is 9.88 Å². The fraction of sp³-hybridized carbons (Fsp3) is 0.364. The van der Waals surface area contributed by atoms with Crippen molar-refractivity contribution in [3.8, 4) is 0 Å². The summed E-state index contributed by atoms with van der Waals surface area (Å²) in [6, 6.07) is 19.0. The molecule has 142 valence electrons. The van der Waals surface area contributed by atoms with Gasteiger partial charge in [0.25, 0.3) is 0 Å². The van der Waals surface area contributed by atoms with Crippen LogP contribution in [0.3, 0.4) is 0 Å². The maximum atomic E-state index is 12.4. The number of carbonyl (C=O) groups is 1. The summed E-state index contributed by atoms with van der Waals surface area (Å²) in [6.45, 7) is 6.35. The Morgan fingerprint density at radius 1 is 1.07 bits per heavy atom. The van der Waals surface area contributed by atoms with Crippen LogP contribution in [-0.4, -0.2) is 27.3 Å². The Balaban J connectivity index is 1.54. The molecule has 1 aromatic heterocycles. The number of carbonyl (C=O) groups excluding carboxylic acids is 1. The van der Waals surface area contributed by atoms with E-state index in [1.807, 2.05) is 24.3 Å². The van der Waals surface area contributed by atoms with Crippen molar-refractivity contribution in [3.05, 3.63) is 60.2 Å². The predicted octanol–water partition coefficient (Wildman–Crippen LogP) is 4.85. The van der Waals surface area contributed by atoms with Gasteiger partial charge in [-0.2, -0.15) is 0 Å². The molecule has 0 unspecified atom stereocenters. The lowest BCUT2D eigenvalue weighted by molar-refractivity contribution is -0.119. The van der Waals surface area contributed by atoms with Crippen molar-refractivity contribution in [1.29, 1.82) is 0 Å². The van der Waals surface area contributed by atoms with Gasteiger partial charge in [-0.25, -0.2) is 4.98 Å². The molecule has 1 atom stereocenters. The van der Waals surface area contributed by atoms with Gasteiger partial charge in [0.05, 0.1) is 16.8 Å². The molecule has 0 aliphatic heterocycles. The van der Waals surface area contributed by atoms with Gasteiger partial charge in [-0.1, -0.05) is 54.2 Å². The van der Waals surface area contributed by atoms with E-state index >= 15 is 0 Å². The highest BCUT2D eigenvalue weighted by molar-refractivity contribution is 7.99. The van der Waals surface area contributed by atoms with E-state index in [1.54, 1.807) is 0 Å². The molecule has 1 heterocycles. The second kappa shape index (κ2) is 9.09. The third-order valence-electron chi connectivity index (χ3n) is 4.53. The first-order chi connectivity index (χ1) is 13.0. The normalized spacial score (nSPS) is 12.4. The monoisotopic (exact) mass is 381 g/mol. The largest absolute Gasteiger partial charge is 0.353 e. The molecular formula is C22H27N3OS. The van der Waals surface area contributed by atoms with Gasteiger partial charge in [0.1, 0.15) is 0 Å². The first-order valence-electron chi connectivity index (χ1n) is 9.47. The molecule has 4 nitrogen and oxygen atoms in total. The third kappa shape index (κ3) is 5.13. The average molecular weight is 382 g/mol. The van der Waals surface area contributed by atoms with E-state index in [9.17, 15) is 4.79 Å². The molecule has 5 heteroatoms. The Labute approximate surface area is 165 Å². The van der Waals surface area contributed by atoms with Gasteiger partial charge in [-0.05, 0) is 51.3 Å². The van der Waals surface area contributed by atoms with Crippen molar-refractivity contribution in [1.82, 2.24) is 14.9 Å². The van der Waals surface area contributed by atoms with Crippen LogP contribution in [0.1, 0.15) is 38.8 Å². The number of para-hydroxylation sites is 2. The van der Waals surface area contributed by atoms with Crippen LogP contribution in [-0.2, 0) is 11.2 Å². The van der Waals surface area contributed by atoms with Crippen molar-refractivity contribution in [2.45, 2.75) is 50.9 Å². The lowest BCUT2D eigenvalue weighted by Crippen LogP contribution is -2.34. The smallest absolute Gasteiger partial charge is 0.230 e. The van der Waals surface area contributed by atoms with E-state index in [2.05, 4.69) is 61.0 Å². The van der Waals surface area contributed by atoms with E-state index in [4.69, 9.17) is 4.98 Å². The fourth-order valence-electron chi connectivity index (χ4n) is 3.17. The minimum Gasteiger partial charge on any atom is -0.353 e.